The van der Waals surface area contributed by atoms with Gasteiger partial charge in [-0.25, -0.2) is 0 Å². The van der Waals surface area contributed by atoms with E-state index in [-0.39, 0.29) is 18.5 Å². The summed E-state index contributed by atoms with van der Waals surface area (Å²) in [6.45, 7) is 3.12. The quantitative estimate of drug-likeness (QED) is 0.920. The van der Waals surface area contributed by atoms with E-state index in [2.05, 4.69) is 15.5 Å². The summed E-state index contributed by atoms with van der Waals surface area (Å²) in [5.74, 6) is 2.33. The van der Waals surface area contributed by atoms with Crippen molar-refractivity contribution in [2.24, 2.45) is 5.92 Å². The van der Waals surface area contributed by atoms with Gasteiger partial charge in [0.05, 0.1) is 0 Å². The number of nitrogens with zero attached hydrogens (tertiary/aromatic N) is 2. The van der Waals surface area contributed by atoms with Crippen LogP contribution >= 0.6 is 12.4 Å². The Bertz CT molecular complexity index is 374. The van der Waals surface area contributed by atoms with Crippen molar-refractivity contribution in [1.82, 2.24) is 15.5 Å². The number of nitrogens with one attached hydrogen (secondary N) is 1. The van der Waals surface area contributed by atoms with E-state index in [1.807, 2.05) is 0 Å². The highest BCUT2D eigenvalue weighted by atomic mass is 35.5. The SMILES string of the molecule is C1COC(c2noc(CCC3CCNCC3)n2)C1.Cl. The van der Waals surface area contributed by atoms with Gasteiger partial charge in [0, 0.05) is 13.0 Å². The van der Waals surface area contributed by atoms with E-state index in [0.29, 0.717) is 0 Å². The highest BCUT2D eigenvalue weighted by molar-refractivity contribution is 5.85. The molecular formula is C13H22ClN3O2. The minimum Gasteiger partial charge on any atom is -0.370 e. The number of halogens is 1. The number of aryl methyl sites for hydroxylation is 1. The van der Waals surface area contributed by atoms with Gasteiger partial charge < -0.3 is 14.6 Å². The number of piperidine rings is 1. The number of ether oxygens (including phenoxy) is 1. The first kappa shape index (κ1) is 14.8. The molecule has 3 rings (SSSR count). The molecule has 5 nitrogen and oxygen atoms in total. The first-order valence-corrected chi connectivity index (χ1v) is 7.06. The van der Waals surface area contributed by atoms with E-state index < -0.39 is 0 Å². The van der Waals surface area contributed by atoms with Gasteiger partial charge in [0.1, 0.15) is 6.10 Å². The Morgan fingerprint density at radius 3 is 2.79 bits per heavy atom. The Kier molecular flexibility index (Phi) is 5.60. The maximum atomic E-state index is 5.55. The lowest BCUT2D eigenvalue weighted by molar-refractivity contribution is 0.103. The van der Waals surface area contributed by atoms with Crippen LogP contribution in [0.5, 0.6) is 0 Å². The van der Waals surface area contributed by atoms with Gasteiger partial charge >= 0.3 is 0 Å². The van der Waals surface area contributed by atoms with E-state index in [4.69, 9.17) is 9.26 Å². The summed E-state index contributed by atoms with van der Waals surface area (Å²) in [6.07, 6.45) is 6.80. The number of hydrogen-bond donors (Lipinski definition) is 1. The number of aromatic nitrogens is 2. The van der Waals surface area contributed by atoms with Crippen LogP contribution in [0.15, 0.2) is 4.52 Å². The molecule has 2 fully saturated rings. The topological polar surface area (TPSA) is 60.2 Å². The van der Waals surface area contributed by atoms with E-state index >= 15 is 0 Å². The minimum absolute atomic E-state index is 0. The summed E-state index contributed by atoms with van der Waals surface area (Å²) in [5.41, 5.74) is 0. The third kappa shape index (κ3) is 3.91. The van der Waals surface area contributed by atoms with Gasteiger partial charge in [-0.2, -0.15) is 4.98 Å². The predicted molar refractivity (Wildman–Crippen MR) is 73.4 cm³/mol. The molecule has 0 bridgehead atoms. The Morgan fingerprint density at radius 2 is 2.05 bits per heavy atom. The molecule has 108 valence electrons. The Labute approximate surface area is 119 Å². The average Bonchev–Trinajstić information content (AvgIpc) is 3.08. The summed E-state index contributed by atoms with van der Waals surface area (Å²) in [6, 6.07) is 0. The lowest BCUT2D eigenvalue weighted by Gasteiger charge is -2.21. The van der Waals surface area contributed by atoms with Gasteiger partial charge in [-0.05, 0) is 51.1 Å². The maximum Gasteiger partial charge on any atom is 0.226 e. The predicted octanol–water partition coefficient (Wildman–Crippen LogP) is 2.28. The van der Waals surface area contributed by atoms with Crippen LogP contribution in [0.25, 0.3) is 0 Å². The molecule has 0 spiro atoms. The van der Waals surface area contributed by atoms with Crippen molar-refractivity contribution < 1.29 is 9.26 Å². The molecule has 0 amide bonds. The smallest absolute Gasteiger partial charge is 0.226 e. The summed E-state index contributed by atoms with van der Waals surface area (Å²) in [4.78, 5) is 4.46. The van der Waals surface area contributed by atoms with Crippen molar-refractivity contribution >= 4 is 12.4 Å². The highest BCUT2D eigenvalue weighted by Crippen LogP contribution is 2.26. The molecule has 3 heterocycles. The number of rotatable bonds is 4. The zero-order valence-electron chi connectivity index (χ0n) is 11.1. The fraction of sp³-hybridized carbons (Fsp3) is 0.846. The molecule has 19 heavy (non-hydrogen) atoms. The molecule has 2 saturated heterocycles. The monoisotopic (exact) mass is 287 g/mol. The van der Waals surface area contributed by atoms with Crippen LogP contribution in [-0.4, -0.2) is 29.8 Å². The molecular weight excluding hydrogens is 266 g/mol. The van der Waals surface area contributed by atoms with Crippen LogP contribution in [0.2, 0.25) is 0 Å². The van der Waals surface area contributed by atoms with Crippen LogP contribution in [0.3, 0.4) is 0 Å². The fourth-order valence-corrected chi connectivity index (χ4v) is 2.78. The van der Waals surface area contributed by atoms with Crippen molar-refractivity contribution in [2.75, 3.05) is 19.7 Å². The molecule has 0 radical (unpaired) electrons. The lowest BCUT2D eigenvalue weighted by Crippen LogP contribution is -2.27. The molecule has 1 aromatic heterocycles. The van der Waals surface area contributed by atoms with Crippen molar-refractivity contribution in [2.45, 2.75) is 44.6 Å². The molecule has 6 heteroatoms. The first-order chi connectivity index (χ1) is 8.92. The molecule has 1 N–H and O–H groups in total. The third-order valence-electron chi connectivity index (χ3n) is 3.93. The minimum atomic E-state index is 0. The molecule has 0 aliphatic carbocycles. The third-order valence-corrected chi connectivity index (χ3v) is 3.93. The first-order valence-electron chi connectivity index (χ1n) is 7.06. The molecule has 2 aliphatic heterocycles. The van der Waals surface area contributed by atoms with E-state index in [1.54, 1.807) is 0 Å². The summed E-state index contributed by atoms with van der Waals surface area (Å²) in [7, 11) is 0. The average molecular weight is 288 g/mol. The van der Waals surface area contributed by atoms with Crippen LogP contribution < -0.4 is 5.32 Å². The van der Waals surface area contributed by atoms with Crippen LogP contribution in [0.4, 0.5) is 0 Å². The molecule has 0 saturated carbocycles. The zero-order valence-corrected chi connectivity index (χ0v) is 12.0. The van der Waals surface area contributed by atoms with E-state index in [9.17, 15) is 0 Å². The second-order valence-electron chi connectivity index (χ2n) is 5.28. The molecule has 0 aromatic carbocycles. The Balaban J connectivity index is 0.00000133. The van der Waals surface area contributed by atoms with Gasteiger partial charge in [0.15, 0.2) is 0 Å². The summed E-state index contributed by atoms with van der Waals surface area (Å²) in [5, 5.41) is 7.42. The van der Waals surface area contributed by atoms with Gasteiger partial charge in [-0.1, -0.05) is 5.16 Å². The van der Waals surface area contributed by atoms with E-state index in [0.717, 1.165) is 63.0 Å². The Hall–Kier alpha value is -0.650. The van der Waals surface area contributed by atoms with Gasteiger partial charge in [0.2, 0.25) is 11.7 Å². The van der Waals surface area contributed by atoms with E-state index in [1.165, 1.54) is 12.8 Å². The highest BCUT2D eigenvalue weighted by Gasteiger charge is 2.23. The largest absolute Gasteiger partial charge is 0.370 e. The standard InChI is InChI=1S/C13H21N3O2.ClH/c1-2-11(17-9-1)13-15-12(18-16-13)4-3-10-5-7-14-8-6-10;/h10-11,14H,1-9H2;1H. The molecule has 1 unspecified atom stereocenters. The maximum absolute atomic E-state index is 5.55. The van der Waals surface area contributed by atoms with Crippen molar-refractivity contribution in [1.29, 1.82) is 0 Å². The number of hydrogen-bond acceptors (Lipinski definition) is 5. The van der Waals surface area contributed by atoms with Crippen LogP contribution in [0, 0.1) is 5.92 Å². The molecule has 2 aliphatic rings. The Morgan fingerprint density at radius 1 is 1.21 bits per heavy atom. The van der Waals surface area contributed by atoms with Crippen LogP contribution in [-0.2, 0) is 11.2 Å². The van der Waals surface area contributed by atoms with Crippen LogP contribution in [0.1, 0.15) is 49.9 Å². The van der Waals surface area contributed by atoms with Crippen molar-refractivity contribution in [3.63, 3.8) is 0 Å². The summed E-state index contributed by atoms with van der Waals surface area (Å²) < 4.78 is 10.9. The van der Waals surface area contributed by atoms with Gasteiger partial charge in [-0.15, -0.1) is 12.4 Å². The normalized spacial score (nSPS) is 24.3. The lowest BCUT2D eigenvalue weighted by atomic mass is 9.93. The molecule has 1 atom stereocenters. The summed E-state index contributed by atoms with van der Waals surface area (Å²) >= 11 is 0. The second kappa shape index (κ2) is 7.22. The zero-order chi connectivity index (χ0) is 12.2. The van der Waals surface area contributed by atoms with Gasteiger partial charge in [-0.3, -0.25) is 0 Å². The van der Waals surface area contributed by atoms with Crippen molar-refractivity contribution in [3.05, 3.63) is 11.7 Å². The molecule has 1 aromatic rings. The van der Waals surface area contributed by atoms with Crippen molar-refractivity contribution in [3.8, 4) is 0 Å². The fourth-order valence-electron chi connectivity index (χ4n) is 2.78. The second-order valence-corrected chi connectivity index (χ2v) is 5.28. The van der Waals surface area contributed by atoms with Gasteiger partial charge in [0.25, 0.3) is 0 Å².